The Balaban J connectivity index is 0.000000180. The molecule has 0 atom stereocenters. The first-order chi connectivity index (χ1) is 25.5. The molecule has 0 saturated carbocycles. The van der Waals surface area contributed by atoms with Crippen LogP contribution in [0.15, 0.2) is 149 Å². The molecular weight excluding hydrogens is 765 g/mol. The monoisotopic (exact) mass is 796 g/mol. The first kappa shape index (κ1) is 40.3. The average Bonchev–Trinajstić information content (AvgIpc) is 3.80. The van der Waals surface area contributed by atoms with Crippen LogP contribution in [0.4, 0.5) is 0 Å². The highest BCUT2D eigenvalue weighted by Crippen LogP contribution is 2.13. The molecule has 0 fully saturated rings. The number of aromatic nitrogens is 10. The summed E-state index contributed by atoms with van der Waals surface area (Å²) in [4.78, 5) is 34.8. The predicted octanol–water partition coefficient (Wildman–Crippen LogP) is 0.847. The van der Waals surface area contributed by atoms with Crippen molar-refractivity contribution >= 4 is 48.1 Å². The van der Waals surface area contributed by atoms with E-state index in [0.717, 1.165) is 51.9 Å². The summed E-state index contributed by atoms with van der Waals surface area (Å²) in [5.74, 6) is 0. The molecule has 19 nitrogen and oxygen atoms in total. The highest BCUT2D eigenvalue weighted by molar-refractivity contribution is 7.95. The van der Waals surface area contributed by atoms with Gasteiger partial charge in [0.1, 0.15) is 12.7 Å². The number of tetrazole rings is 1. The number of nitrogens with zero attached hydrogens (tertiary/aromatic N) is 10. The van der Waals surface area contributed by atoms with Crippen LogP contribution in [0.2, 0.25) is 0 Å². The second kappa shape index (κ2) is 17.3. The van der Waals surface area contributed by atoms with Crippen molar-refractivity contribution in [3.05, 3.63) is 151 Å². The maximum absolute atomic E-state index is 11.9. The van der Waals surface area contributed by atoms with Gasteiger partial charge in [0, 0.05) is 39.7 Å². The number of hydrogen-bond donors (Lipinski definition) is 0. The molecule has 0 unspecified atom stereocenters. The van der Waals surface area contributed by atoms with Crippen molar-refractivity contribution in [3.63, 3.8) is 0 Å². The summed E-state index contributed by atoms with van der Waals surface area (Å²) >= 11 is 0. The number of hydrogen-bond acceptors (Lipinski definition) is 13. The van der Waals surface area contributed by atoms with E-state index >= 15 is 0 Å². The van der Waals surface area contributed by atoms with Crippen LogP contribution in [0.1, 0.15) is 0 Å². The van der Waals surface area contributed by atoms with Gasteiger partial charge in [0.05, 0.1) is 30.9 Å². The standard InChI is InChI=1S/2C11H11N3O3S.C10H10N4O3S/c1-13-11(15)14(9-12-13)7-8-18(16,17)10-5-3-2-4-6-10;1-13-9-12-14(11(13)15)7-8-18(16,17)10-5-3-2-4-6-10;1-13-10(15)14(12-11-13)7-8-18(16,17)9-5-3-2-4-6-9/h2*2-9H,1H3;2-8H,1H3/b3*8-7+. The van der Waals surface area contributed by atoms with Crippen LogP contribution in [-0.2, 0) is 50.7 Å². The fourth-order valence-corrected chi connectivity index (χ4v) is 6.83. The molecule has 0 spiro atoms. The summed E-state index contributed by atoms with van der Waals surface area (Å²) in [6.07, 6.45) is 5.93. The van der Waals surface area contributed by atoms with Crippen LogP contribution < -0.4 is 17.1 Å². The van der Waals surface area contributed by atoms with Gasteiger partial charge in [0.25, 0.3) is 0 Å². The minimum atomic E-state index is -3.58. The van der Waals surface area contributed by atoms with Gasteiger partial charge in [0.15, 0.2) is 0 Å². The van der Waals surface area contributed by atoms with Gasteiger partial charge in [-0.1, -0.05) is 54.6 Å². The molecule has 0 aliphatic heterocycles. The Hall–Kier alpha value is -6.52. The zero-order valence-electron chi connectivity index (χ0n) is 28.7. The van der Waals surface area contributed by atoms with Crippen molar-refractivity contribution in [2.45, 2.75) is 14.7 Å². The predicted molar refractivity (Wildman–Crippen MR) is 197 cm³/mol. The summed E-state index contributed by atoms with van der Waals surface area (Å²) in [6, 6.07) is 23.9. The van der Waals surface area contributed by atoms with E-state index in [-0.39, 0.29) is 14.7 Å². The lowest BCUT2D eigenvalue weighted by atomic mass is 10.4. The van der Waals surface area contributed by atoms with Crippen molar-refractivity contribution in [2.24, 2.45) is 21.1 Å². The first-order valence-corrected chi connectivity index (χ1v) is 19.8. The zero-order valence-corrected chi connectivity index (χ0v) is 31.1. The molecule has 3 heterocycles. The van der Waals surface area contributed by atoms with Crippen molar-refractivity contribution in [2.75, 3.05) is 0 Å². The number of sulfone groups is 3. The van der Waals surface area contributed by atoms with Crippen molar-refractivity contribution < 1.29 is 25.3 Å². The normalized spacial score (nSPS) is 12.1. The van der Waals surface area contributed by atoms with Crippen molar-refractivity contribution in [3.8, 4) is 0 Å². The van der Waals surface area contributed by atoms with Gasteiger partial charge >= 0.3 is 17.1 Å². The molecule has 282 valence electrons. The molecule has 0 aliphatic rings. The van der Waals surface area contributed by atoms with Crippen LogP contribution in [-0.4, -0.2) is 73.7 Å². The summed E-state index contributed by atoms with van der Waals surface area (Å²) in [5.41, 5.74) is -1.33. The Morgan fingerprint density at radius 2 is 0.889 bits per heavy atom. The highest BCUT2D eigenvalue weighted by Gasteiger charge is 2.12. The maximum Gasteiger partial charge on any atom is 0.367 e. The molecule has 6 aromatic rings. The van der Waals surface area contributed by atoms with Crippen molar-refractivity contribution in [1.29, 1.82) is 0 Å². The molecule has 0 radical (unpaired) electrons. The third kappa shape index (κ3) is 10.5. The SMILES string of the molecule is Cn1cnn(/C=C/S(=O)(=O)c2ccccc2)c1=O.Cn1ncn(/C=C/S(=O)(=O)c2ccccc2)c1=O.Cn1nnn(/C=C/S(=O)(=O)c2ccccc2)c1=O. The van der Waals surface area contributed by atoms with E-state index in [0.29, 0.717) is 0 Å². The van der Waals surface area contributed by atoms with Gasteiger partial charge in [0.2, 0.25) is 29.5 Å². The minimum Gasteiger partial charge on any atom is -0.284 e. The fraction of sp³-hybridized carbons (Fsp3) is 0.0938. The Morgan fingerprint density at radius 3 is 1.24 bits per heavy atom. The van der Waals surface area contributed by atoms with Gasteiger partial charge in [-0.15, -0.1) is 0 Å². The Labute approximate surface area is 308 Å². The number of rotatable bonds is 9. The molecule has 6 rings (SSSR count). The van der Waals surface area contributed by atoms with E-state index in [1.54, 1.807) is 54.6 Å². The lowest BCUT2D eigenvalue weighted by Gasteiger charge is -1.97. The lowest BCUT2D eigenvalue weighted by molar-refractivity contribution is 0.603. The van der Waals surface area contributed by atoms with Crippen molar-refractivity contribution in [1.82, 2.24) is 48.5 Å². The molecule has 0 bridgehead atoms. The van der Waals surface area contributed by atoms with E-state index < -0.39 is 46.6 Å². The van der Waals surface area contributed by atoms with E-state index in [2.05, 4.69) is 20.6 Å². The van der Waals surface area contributed by atoms with Crippen LogP contribution in [0.3, 0.4) is 0 Å². The van der Waals surface area contributed by atoms with Gasteiger partial charge < -0.3 is 0 Å². The van der Waals surface area contributed by atoms with Crippen LogP contribution in [0, 0.1) is 0 Å². The molecule has 3 aromatic heterocycles. The lowest BCUT2D eigenvalue weighted by Crippen LogP contribution is -2.19. The molecule has 0 N–H and O–H groups in total. The topological polar surface area (TPSA) is 235 Å². The van der Waals surface area contributed by atoms with E-state index in [1.807, 2.05) is 0 Å². The third-order valence-electron chi connectivity index (χ3n) is 6.82. The van der Waals surface area contributed by atoms with Gasteiger partial charge in [-0.25, -0.2) is 44.3 Å². The Bertz CT molecular complexity index is 2490. The quantitative estimate of drug-likeness (QED) is 0.198. The van der Waals surface area contributed by atoms with E-state index in [1.165, 1.54) is 81.0 Å². The summed E-state index contributed by atoms with van der Waals surface area (Å²) < 4.78 is 77.6. The second-order valence-corrected chi connectivity index (χ2v) is 16.2. The molecule has 54 heavy (non-hydrogen) atoms. The third-order valence-corrected chi connectivity index (χ3v) is 11.0. The van der Waals surface area contributed by atoms with E-state index in [4.69, 9.17) is 0 Å². The second-order valence-electron chi connectivity index (χ2n) is 10.7. The number of aryl methyl sites for hydroxylation is 3. The summed E-state index contributed by atoms with van der Waals surface area (Å²) in [5, 5.41) is 17.2. The van der Waals surface area contributed by atoms with E-state index in [9.17, 15) is 39.6 Å². The smallest absolute Gasteiger partial charge is 0.284 e. The molecule has 22 heteroatoms. The summed E-state index contributed by atoms with van der Waals surface area (Å²) in [7, 11) is -6.24. The highest BCUT2D eigenvalue weighted by atomic mass is 32.2. The van der Waals surface area contributed by atoms with Crippen LogP contribution >= 0.6 is 0 Å². The molecule has 0 aliphatic carbocycles. The molecular formula is C32H32N10O9S3. The Kier molecular flexibility index (Phi) is 12.9. The van der Waals surface area contributed by atoms with Gasteiger partial charge in [-0.2, -0.15) is 24.2 Å². The first-order valence-electron chi connectivity index (χ1n) is 15.2. The van der Waals surface area contributed by atoms with Crippen LogP contribution in [0.25, 0.3) is 18.6 Å². The van der Waals surface area contributed by atoms with Crippen LogP contribution in [0.5, 0.6) is 0 Å². The molecule has 3 aromatic carbocycles. The maximum atomic E-state index is 11.9. The number of benzene rings is 3. The fourth-order valence-electron chi connectivity index (χ4n) is 3.91. The Morgan fingerprint density at radius 1 is 0.463 bits per heavy atom. The van der Waals surface area contributed by atoms with Gasteiger partial charge in [-0.05, 0) is 46.8 Å². The average molecular weight is 797 g/mol. The van der Waals surface area contributed by atoms with Gasteiger partial charge in [-0.3, -0.25) is 9.13 Å². The molecule has 0 saturated heterocycles. The largest absolute Gasteiger partial charge is 0.367 e. The minimum absolute atomic E-state index is 0.151. The summed E-state index contributed by atoms with van der Waals surface area (Å²) in [6.45, 7) is 0. The molecule has 0 amide bonds. The zero-order chi connectivity index (χ0) is 39.5.